The number of fused-ring (bicyclic) bond motifs is 1. The number of benzene rings is 1. The summed E-state index contributed by atoms with van der Waals surface area (Å²) >= 11 is 0. The van der Waals surface area contributed by atoms with Gasteiger partial charge in [0.15, 0.2) is 0 Å². The van der Waals surface area contributed by atoms with Gasteiger partial charge in [-0.15, -0.1) is 10.2 Å². The maximum absolute atomic E-state index is 13.5. The van der Waals surface area contributed by atoms with Crippen LogP contribution < -0.4 is 0 Å². The monoisotopic (exact) mass is 331 g/mol. The number of amides is 1. The Balaban J connectivity index is 1.65. The van der Waals surface area contributed by atoms with Crippen molar-refractivity contribution in [3.63, 3.8) is 0 Å². The van der Waals surface area contributed by atoms with Crippen LogP contribution in [0.3, 0.4) is 0 Å². The molecule has 4 rings (SSSR count). The maximum Gasteiger partial charge on any atom is 0.254 e. The van der Waals surface area contributed by atoms with Crippen molar-refractivity contribution in [3.8, 4) is 0 Å². The van der Waals surface area contributed by atoms with E-state index >= 15 is 0 Å². The van der Waals surface area contributed by atoms with Gasteiger partial charge in [0.1, 0.15) is 5.82 Å². The molecule has 6 nitrogen and oxygen atoms in total. The molecule has 1 amide bonds. The lowest BCUT2D eigenvalue weighted by Crippen LogP contribution is -2.37. The van der Waals surface area contributed by atoms with Gasteiger partial charge in [-0.25, -0.2) is 4.39 Å². The van der Waals surface area contributed by atoms with Gasteiger partial charge in [-0.05, 0) is 24.6 Å². The summed E-state index contributed by atoms with van der Waals surface area (Å²) in [6.45, 7) is 5.53. The predicted octanol–water partition coefficient (Wildman–Crippen LogP) is 1.87. The summed E-state index contributed by atoms with van der Waals surface area (Å²) in [4.78, 5) is 14.6. The molecule has 7 heteroatoms. The second kappa shape index (κ2) is 5.37. The number of nitrogens with zero attached hydrogens (tertiary/aromatic N) is 3. The first-order chi connectivity index (χ1) is 11.5. The number of hydrogen-bond acceptors (Lipinski definition) is 5. The molecular weight excluding hydrogens is 313 g/mol. The van der Waals surface area contributed by atoms with Crippen molar-refractivity contribution < 1.29 is 18.3 Å². The van der Waals surface area contributed by atoms with Crippen molar-refractivity contribution in [2.24, 2.45) is 5.92 Å². The van der Waals surface area contributed by atoms with Crippen molar-refractivity contribution in [1.82, 2.24) is 15.1 Å². The van der Waals surface area contributed by atoms with Crippen LogP contribution in [-0.2, 0) is 10.2 Å². The van der Waals surface area contributed by atoms with Crippen LogP contribution in [0.15, 0.2) is 22.6 Å². The molecule has 0 radical (unpaired) electrons. The van der Waals surface area contributed by atoms with Gasteiger partial charge in [0.05, 0.1) is 18.6 Å². The predicted molar refractivity (Wildman–Crippen MR) is 82.1 cm³/mol. The molecule has 0 N–H and O–H groups in total. The van der Waals surface area contributed by atoms with Crippen LogP contribution in [0.25, 0.3) is 0 Å². The van der Waals surface area contributed by atoms with E-state index in [0.29, 0.717) is 43.6 Å². The number of ether oxygens (including phenoxy) is 1. The van der Waals surface area contributed by atoms with E-state index in [1.54, 1.807) is 17.9 Å². The molecule has 1 aromatic heterocycles. The summed E-state index contributed by atoms with van der Waals surface area (Å²) in [5.41, 5.74) is 0.697. The van der Waals surface area contributed by atoms with Crippen LogP contribution in [-0.4, -0.2) is 47.3 Å². The number of hydrogen-bond donors (Lipinski definition) is 0. The number of aromatic nitrogens is 2. The lowest BCUT2D eigenvalue weighted by atomic mass is 9.81. The molecule has 0 bridgehead atoms. The minimum absolute atomic E-state index is 0.107. The number of rotatable bonds is 2. The SMILES string of the molecule is Cc1nnc([C@@]23COC[C@@H]2CN(C(=O)c2cc(F)ccc2C)C3)o1. The molecule has 0 aliphatic carbocycles. The zero-order valence-corrected chi connectivity index (χ0v) is 13.6. The molecular formula is C17H18FN3O3. The highest BCUT2D eigenvalue weighted by Gasteiger charge is 2.56. The summed E-state index contributed by atoms with van der Waals surface area (Å²) in [6.07, 6.45) is 0. The van der Waals surface area contributed by atoms with Crippen molar-refractivity contribution in [1.29, 1.82) is 0 Å². The number of aryl methyl sites for hydroxylation is 2. The number of carbonyl (C=O) groups excluding carboxylic acids is 1. The van der Waals surface area contributed by atoms with Crippen molar-refractivity contribution in [3.05, 3.63) is 46.9 Å². The topological polar surface area (TPSA) is 68.5 Å². The minimum Gasteiger partial charge on any atom is -0.425 e. The fourth-order valence-electron chi connectivity index (χ4n) is 3.69. The third kappa shape index (κ3) is 2.23. The van der Waals surface area contributed by atoms with Crippen molar-refractivity contribution in [2.45, 2.75) is 19.3 Å². The molecule has 0 saturated carbocycles. The van der Waals surface area contributed by atoms with E-state index in [4.69, 9.17) is 9.15 Å². The largest absolute Gasteiger partial charge is 0.425 e. The fraction of sp³-hybridized carbons (Fsp3) is 0.471. The maximum atomic E-state index is 13.5. The molecule has 2 saturated heterocycles. The highest BCUT2D eigenvalue weighted by atomic mass is 19.1. The van der Waals surface area contributed by atoms with Gasteiger partial charge in [0.25, 0.3) is 5.91 Å². The minimum atomic E-state index is -0.460. The third-order valence-electron chi connectivity index (χ3n) is 5.04. The first-order valence-corrected chi connectivity index (χ1v) is 7.93. The Bertz CT molecular complexity index is 806. The van der Waals surface area contributed by atoms with E-state index in [2.05, 4.69) is 10.2 Å². The first-order valence-electron chi connectivity index (χ1n) is 7.93. The molecule has 126 valence electrons. The second-order valence-electron chi connectivity index (χ2n) is 6.64. The highest BCUT2D eigenvalue weighted by molar-refractivity contribution is 5.96. The molecule has 2 aliphatic heterocycles. The zero-order valence-electron chi connectivity index (χ0n) is 13.6. The number of halogens is 1. The zero-order chi connectivity index (χ0) is 16.9. The molecule has 3 heterocycles. The van der Waals surface area contributed by atoms with E-state index in [1.165, 1.54) is 12.1 Å². The summed E-state index contributed by atoms with van der Waals surface area (Å²) in [5, 5.41) is 8.08. The lowest BCUT2D eigenvalue weighted by Gasteiger charge is -2.23. The van der Waals surface area contributed by atoms with Crippen molar-refractivity contribution >= 4 is 5.91 Å². The van der Waals surface area contributed by atoms with E-state index < -0.39 is 11.2 Å². The van der Waals surface area contributed by atoms with Gasteiger partial charge in [-0.2, -0.15) is 0 Å². The summed E-state index contributed by atoms with van der Waals surface area (Å²) in [5.74, 6) is 0.547. The quantitative estimate of drug-likeness (QED) is 0.840. The fourth-order valence-corrected chi connectivity index (χ4v) is 3.69. The van der Waals surface area contributed by atoms with E-state index in [9.17, 15) is 9.18 Å². The van der Waals surface area contributed by atoms with Gasteiger partial charge >= 0.3 is 0 Å². The Morgan fingerprint density at radius 2 is 2.21 bits per heavy atom. The van der Waals surface area contributed by atoms with Crippen LogP contribution in [0.2, 0.25) is 0 Å². The highest BCUT2D eigenvalue weighted by Crippen LogP contribution is 2.43. The standard InChI is InChI=1S/C17H18FN3O3/c1-10-3-4-13(18)5-14(10)15(22)21-6-12-7-23-9-17(12,8-21)16-20-19-11(2)24-16/h3-5,12H,6-9H2,1-2H3/t12-,17-/m0/s1. The first kappa shape index (κ1) is 15.3. The third-order valence-corrected chi connectivity index (χ3v) is 5.04. The van der Waals surface area contributed by atoms with Gasteiger partial charge in [0, 0.05) is 31.5 Å². The molecule has 2 atom stereocenters. The molecule has 0 unspecified atom stereocenters. The van der Waals surface area contributed by atoms with E-state index in [-0.39, 0.29) is 11.8 Å². The summed E-state index contributed by atoms with van der Waals surface area (Å²) in [6, 6.07) is 4.28. The Morgan fingerprint density at radius 1 is 1.38 bits per heavy atom. The van der Waals surface area contributed by atoms with Gasteiger partial charge < -0.3 is 14.1 Å². The van der Waals surface area contributed by atoms with Crippen LogP contribution in [0.4, 0.5) is 4.39 Å². The average Bonchev–Trinajstić information content (AvgIpc) is 3.22. The van der Waals surface area contributed by atoms with Crippen LogP contribution in [0, 0.1) is 25.6 Å². The normalized spacial score (nSPS) is 26.0. The van der Waals surface area contributed by atoms with Gasteiger partial charge in [0.2, 0.25) is 11.8 Å². The molecule has 1 aromatic carbocycles. The number of likely N-dealkylation sites (tertiary alicyclic amines) is 1. The Hall–Kier alpha value is -2.28. The van der Waals surface area contributed by atoms with Crippen molar-refractivity contribution in [2.75, 3.05) is 26.3 Å². The van der Waals surface area contributed by atoms with Crippen LogP contribution in [0.1, 0.15) is 27.7 Å². The Kier molecular flexibility index (Phi) is 3.42. The summed E-state index contributed by atoms with van der Waals surface area (Å²) < 4.78 is 24.8. The Morgan fingerprint density at radius 3 is 2.96 bits per heavy atom. The van der Waals surface area contributed by atoms with Crippen LogP contribution >= 0.6 is 0 Å². The molecule has 2 aromatic rings. The second-order valence-corrected chi connectivity index (χ2v) is 6.64. The Labute approximate surface area is 138 Å². The molecule has 2 aliphatic rings. The number of carbonyl (C=O) groups is 1. The van der Waals surface area contributed by atoms with Gasteiger partial charge in [-0.3, -0.25) is 4.79 Å². The molecule has 24 heavy (non-hydrogen) atoms. The van der Waals surface area contributed by atoms with Gasteiger partial charge in [-0.1, -0.05) is 6.07 Å². The van der Waals surface area contributed by atoms with Crippen LogP contribution in [0.5, 0.6) is 0 Å². The summed E-state index contributed by atoms with van der Waals surface area (Å²) in [7, 11) is 0. The average molecular weight is 331 g/mol. The lowest BCUT2D eigenvalue weighted by molar-refractivity contribution is 0.0737. The molecule has 2 fully saturated rings. The van der Waals surface area contributed by atoms with E-state index in [0.717, 1.165) is 5.56 Å². The molecule has 0 spiro atoms. The smallest absolute Gasteiger partial charge is 0.254 e. The van der Waals surface area contributed by atoms with E-state index in [1.807, 2.05) is 6.92 Å².